The van der Waals surface area contributed by atoms with Crippen LogP contribution >= 0.6 is 0 Å². The molecule has 0 aromatic rings. The van der Waals surface area contributed by atoms with Crippen molar-refractivity contribution in [3.05, 3.63) is 24.5 Å². The van der Waals surface area contributed by atoms with Crippen molar-refractivity contribution in [2.45, 2.75) is 26.2 Å². The van der Waals surface area contributed by atoms with Crippen LogP contribution < -0.4 is 0 Å². The first-order valence-corrected chi connectivity index (χ1v) is 4.89. The van der Waals surface area contributed by atoms with Crippen molar-refractivity contribution in [3.8, 4) is 0 Å². The van der Waals surface area contributed by atoms with E-state index in [4.69, 9.17) is 9.47 Å². The normalized spacial score (nSPS) is 20.9. The van der Waals surface area contributed by atoms with Crippen LogP contribution in [-0.2, 0) is 9.47 Å². The van der Waals surface area contributed by atoms with E-state index in [1.807, 2.05) is 13.0 Å². The van der Waals surface area contributed by atoms with Crippen molar-refractivity contribution in [2.24, 2.45) is 5.92 Å². The molecule has 1 aliphatic rings. The van der Waals surface area contributed by atoms with Crippen molar-refractivity contribution in [2.75, 3.05) is 6.61 Å². The maximum Gasteiger partial charge on any atom is 0.513 e. The average molecular weight is 196 g/mol. The third-order valence-corrected chi connectivity index (χ3v) is 2.19. The van der Waals surface area contributed by atoms with Crippen molar-refractivity contribution in [3.63, 3.8) is 0 Å². The molecular formula is C11H16O3. The van der Waals surface area contributed by atoms with Crippen molar-refractivity contribution in [1.82, 2.24) is 0 Å². The lowest BCUT2D eigenvalue weighted by Crippen LogP contribution is -2.13. The fourth-order valence-electron chi connectivity index (χ4n) is 1.41. The average Bonchev–Trinajstić information content (AvgIpc) is 2.18. The van der Waals surface area contributed by atoms with E-state index in [1.165, 1.54) is 6.08 Å². The molecule has 1 aliphatic carbocycles. The fourth-order valence-corrected chi connectivity index (χ4v) is 1.41. The number of carbonyl (C=O) groups is 1. The minimum absolute atomic E-state index is 0.195. The molecule has 0 bridgehead atoms. The van der Waals surface area contributed by atoms with Crippen LogP contribution in [0.3, 0.4) is 0 Å². The topological polar surface area (TPSA) is 35.5 Å². The summed E-state index contributed by atoms with van der Waals surface area (Å²) in [5.74, 6) is 1.06. The molecule has 0 saturated carbocycles. The Morgan fingerprint density at radius 3 is 3.21 bits per heavy atom. The van der Waals surface area contributed by atoms with E-state index in [0.29, 0.717) is 5.92 Å². The fraction of sp³-hybridized carbons (Fsp3) is 0.545. The zero-order chi connectivity index (χ0) is 10.4. The van der Waals surface area contributed by atoms with Gasteiger partial charge >= 0.3 is 6.16 Å². The smallest absolute Gasteiger partial charge is 0.430 e. The van der Waals surface area contributed by atoms with Crippen LogP contribution in [0.15, 0.2) is 24.5 Å². The molecule has 0 fully saturated rings. The lowest BCUT2D eigenvalue weighted by atomic mass is 9.96. The first kappa shape index (κ1) is 10.8. The van der Waals surface area contributed by atoms with Crippen LogP contribution in [0, 0.1) is 5.92 Å². The lowest BCUT2D eigenvalue weighted by molar-refractivity contribution is 0.0774. The van der Waals surface area contributed by atoms with Crippen LogP contribution in [0.5, 0.6) is 0 Å². The van der Waals surface area contributed by atoms with Gasteiger partial charge in [-0.1, -0.05) is 19.6 Å². The van der Waals surface area contributed by atoms with Gasteiger partial charge in [-0.2, -0.15) is 0 Å². The summed E-state index contributed by atoms with van der Waals surface area (Å²) in [6.45, 7) is 5.69. The van der Waals surface area contributed by atoms with Crippen LogP contribution in [-0.4, -0.2) is 12.8 Å². The standard InChI is InChI=1S/C11H16O3/c1-3-8-13-11(12)14-10-7-5-4-6-9(10)2/h3,7,9H,1,4-6,8H2,2H3/t9-/m0/s1. The molecule has 0 unspecified atom stereocenters. The molecule has 1 rings (SSSR count). The van der Waals surface area contributed by atoms with E-state index in [0.717, 1.165) is 25.0 Å². The predicted octanol–water partition coefficient (Wildman–Crippen LogP) is 3.03. The Kier molecular flexibility index (Phi) is 4.23. The summed E-state index contributed by atoms with van der Waals surface area (Å²) in [5.41, 5.74) is 0. The van der Waals surface area contributed by atoms with Gasteiger partial charge in [-0.3, -0.25) is 0 Å². The molecule has 0 radical (unpaired) electrons. The SMILES string of the molecule is C=CCOC(=O)OC1=CCCC[C@@H]1C. The van der Waals surface area contributed by atoms with E-state index in [-0.39, 0.29) is 6.61 Å². The molecule has 0 heterocycles. The Morgan fingerprint density at radius 2 is 2.57 bits per heavy atom. The highest BCUT2D eigenvalue weighted by molar-refractivity contribution is 5.61. The van der Waals surface area contributed by atoms with Crippen LogP contribution in [0.2, 0.25) is 0 Å². The molecule has 0 saturated heterocycles. The second-order valence-corrected chi connectivity index (χ2v) is 3.39. The van der Waals surface area contributed by atoms with Gasteiger partial charge in [0.25, 0.3) is 0 Å². The molecule has 0 aliphatic heterocycles. The van der Waals surface area contributed by atoms with Crippen LogP contribution in [0.4, 0.5) is 4.79 Å². The van der Waals surface area contributed by atoms with Gasteiger partial charge in [0.2, 0.25) is 0 Å². The van der Waals surface area contributed by atoms with Gasteiger partial charge in [0.05, 0.1) is 0 Å². The van der Waals surface area contributed by atoms with Gasteiger partial charge in [-0.25, -0.2) is 4.79 Å². The molecule has 0 spiro atoms. The van der Waals surface area contributed by atoms with Gasteiger partial charge < -0.3 is 9.47 Å². The number of rotatable bonds is 3. The molecule has 1 atom stereocenters. The Hall–Kier alpha value is -1.25. The van der Waals surface area contributed by atoms with Crippen LogP contribution in [0.25, 0.3) is 0 Å². The van der Waals surface area contributed by atoms with E-state index in [1.54, 1.807) is 0 Å². The first-order valence-electron chi connectivity index (χ1n) is 4.89. The largest absolute Gasteiger partial charge is 0.513 e. The molecule has 0 aromatic carbocycles. The highest BCUT2D eigenvalue weighted by atomic mass is 16.7. The summed E-state index contributed by atoms with van der Waals surface area (Å²) in [5, 5.41) is 0. The summed E-state index contributed by atoms with van der Waals surface area (Å²) in [6, 6.07) is 0. The Labute approximate surface area is 84.4 Å². The van der Waals surface area contributed by atoms with Gasteiger partial charge in [0, 0.05) is 5.92 Å². The molecule has 14 heavy (non-hydrogen) atoms. The Bertz CT molecular complexity index is 243. The zero-order valence-corrected chi connectivity index (χ0v) is 8.49. The van der Waals surface area contributed by atoms with Crippen LogP contribution in [0.1, 0.15) is 26.2 Å². The molecule has 0 amide bonds. The highest BCUT2D eigenvalue weighted by Gasteiger charge is 2.17. The third kappa shape index (κ3) is 3.24. The Morgan fingerprint density at radius 1 is 1.79 bits per heavy atom. The molecule has 0 aromatic heterocycles. The molecule has 3 nitrogen and oxygen atoms in total. The summed E-state index contributed by atoms with van der Waals surface area (Å²) in [6.07, 6.45) is 6.05. The number of ether oxygens (including phenoxy) is 2. The number of allylic oxidation sites excluding steroid dienone is 2. The van der Waals surface area contributed by atoms with Crippen molar-refractivity contribution < 1.29 is 14.3 Å². The van der Waals surface area contributed by atoms with E-state index >= 15 is 0 Å². The lowest BCUT2D eigenvalue weighted by Gasteiger charge is -2.19. The van der Waals surface area contributed by atoms with E-state index in [9.17, 15) is 4.79 Å². The third-order valence-electron chi connectivity index (χ3n) is 2.19. The second-order valence-electron chi connectivity index (χ2n) is 3.39. The maximum atomic E-state index is 11.1. The summed E-state index contributed by atoms with van der Waals surface area (Å²) in [7, 11) is 0. The summed E-state index contributed by atoms with van der Waals surface area (Å²) in [4.78, 5) is 11.1. The van der Waals surface area contributed by atoms with Gasteiger partial charge in [0.1, 0.15) is 12.4 Å². The Balaban J connectivity index is 2.38. The number of hydrogen-bond acceptors (Lipinski definition) is 3. The first-order chi connectivity index (χ1) is 6.74. The molecular weight excluding hydrogens is 180 g/mol. The number of carbonyl (C=O) groups excluding carboxylic acids is 1. The molecule has 78 valence electrons. The zero-order valence-electron chi connectivity index (χ0n) is 8.49. The summed E-state index contributed by atoms with van der Waals surface area (Å²) >= 11 is 0. The van der Waals surface area contributed by atoms with E-state index in [2.05, 4.69) is 6.58 Å². The van der Waals surface area contributed by atoms with Gasteiger partial charge in [-0.15, -0.1) is 0 Å². The predicted molar refractivity (Wildman–Crippen MR) is 53.7 cm³/mol. The molecule has 0 N–H and O–H groups in total. The minimum atomic E-state index is -0.634. The summed E-state index contributed by atoms with van der Waals surface area (Å²) < 4.78 is 9.78. The maximum absolute atomic E-state index is 11.1. The van der Waals surface area contributed by atoms with Gasteiger partial charge in [-0.05, 0) is 25.3 Å². The molecule has 3 heteroatoms. The van der Waals surface area contributed by atoms with Gasteiger partial charge in [0.15, 0.2) is 0 Å². The monoisotopic (exact) mass is 196 g/mol. The number of hydrogen-bond donors (Lipinski definition) is 0. The van der Waals surface area contributed by atoms with E-state index < -0.39 is 6.16 Å². The van der Waals surface area contributed by atoms with Crippen molar-refractivity contribution >= 4 is 6.16 Å². The van der Waals surface area contributed by atoms with Crippen molar-refractivity contribution in [1.29, 1.82) is 0 Å². The highest BCUT2D eigenvalue weighted by Crippen LogP contribution is 2.25. The quantitative estimate of drug-likeness (QED) is 0.514. The minimum Gasteiger partial charge on any atom is -0.430 e. The second kappa shape index (κ2) is 5.47.